The molecule has 0 saturated carbocycles. The maximum absolute atomic E-state index is 12.4. The lowest BCUT2D eigenvalue weighted by atomic mass is 9.88. The molecule has 30 heavy (non-hydrogen) atoms. The molecule has 0 spiro atoms. The summed E-state index contributed by atoms with van der Waals surface area (Å²) in [4.78, 5) is 19.5. The molecule has 2 unspecified atom stereocenters. The molecule has 0 aliphatic carbocycles. The predicted molar refractivity (Wildman–Crippen MR) is 121 cm³/mol. The number of ether oxygens (including phenoxy) is 1. The van der Waals surface area contributed by atoms with E-state index in [1.54, 1.807) is 7.11 Å². The van der Waals surface area contributed by atoms with Crippen LogP contribution in [0.25, 0.3) is 0 Å². The average molecular weight is 408 g/mol. The summed E-state index contributed by atoms with van der Waals surface area (Å²) in [6, 6.07) is 19.1. The standard InChI is InChI=1S/C25H33N3O2/c1-3-25(29)28-18-21(24(19-28)20-8-7-11-23(16-20)30-2)17-26-12-14-27(15-13-26)22-9-5-4-6-10-22/h4-11,16,21,24H,3,12-15,17-19H2,1-2H3. The maximum Gasteiger partial charge on any atom is 0.222 e. The molecule has 2 atom stereocenters. The Labute approximate surface area is 180 Å². The zero-order valence-electron chi connectivity index (χ0n) is 18.2. The Morgan fingerprint density at radius 2 is 1.77 bits per heavy atom. The molecule has 4 rings (SSSR count). The van der Waals surface area contributed by atoms with E-state index in [1.807, 2.05) is 13.0 Å². The molecule has 2 aliphatic heterocycles. The molecule has 5 nitrogen and oxygen atoms in total. The molecule has 2 heterocycles. The van der Waals surface area contributed by atoms with E-state index in [-0.39, 0.29) is 5.91 Å². The number of anilines is 1. The Kier molecular flexibility index (Phi) is 6.58. The second-order valence-corrected chi connectivity index (χ2v) is 8.42. The molecule has 0 radical (unpaired) electrons. The number of amides is 1. The summed E-state index contributed by atoms with van der Waals surface area (Å²) in [6.45, 7) is 8.91. The van der Waals surface area contributed by atoms with E-state index in [0.29, 0.717) is 18.3 Å². The lowest BCUT2D eigenvalue weighted by Crippen LogP contribution is -2.48. The second-order valence-electron chi connectivity index (χ2n) is 8.42. The van der Waals surface area contributed by atoms with Gasteiger partial charge in [0.05, 0.1) is 7.11 Å². The highest BCUT2D eigenvalue weighted by Crippen LogP contribution is 2.35. The van der Waals surface area contributed by atoms with Gasteiger partial charge in [-0.2, -0.15) is 0 Å². The Bertz CT molecular complexity index is 833. The van der Waals surface area contributed by atoms with E-state index < -0.39 is 0 Å². The number of para-hydroxylation sites is 1. The minimum absolute atomic E-state index is 0.263. The van der Waals surface area contributed by atoms with Gasteiger partial charge in [0.1, 0.15) is 5.75 Å². The molecule has 0 aromatic heterocycles. The van der Waals surface area contributed by atoms with Crippen LogP contribution in [0.4, 0.5) is 5.69 Å². The third-order valence-electron chi connectivity index (χ3n) is 6.60. The lowest BCUT2D eigenvalue weighted by molar-refractivity contribution is -0.130. The molecule has 2 aromatic rings. The summed E-state index contributed by atoms with van der Waals surface area (Å²) >= 11 is 0. The number of piperazine rings is 1. The van der Waals surface area contributed by atoms with Gasteiger partial charge in [-0.05, 0) is 35.7 Å². The highest BCUT2D eigenvalue weighted by molar-refractivity contribution is 5.76. The quantitative estimate of drug-likeness (QED) is 0.735. The summed E-state index contributed by atoms with van der Waals surface area (Å²) in [5, 5.41) is 0. The van der Waals surface area contributed by atoms with Crippen LogP contribution in [-0.2, 0) is 4.79 Å². The van der Waals surface area contributed by atoms with Crippen molar-refractivity contribution in [1.29, 1.82) is 0 Å². The van der Waals surface area contributed by atoms with Gasteiger partial charge >= 0.3 is 0 Å². The van der Waals surface area contributed by atoms with E-state index in [0.717, 1.165) is 51.6 Å². The van der Waals surface area contributed by atoms with Gasteiger partial charge in [0.25, 0.3) is 0 Å². The van der Waals surface area contributed by atoms with Crippen LogP contribution in [0.15, 0.2) is 54.6 Å². The van der Waals surface area contributed by atoms with Crippen molar-refractivity contribution in [3.63, 3.8) is 0 Å². The summed E-state index contributed by atoms with van der Waals surface area (Å²) in [5.41, 5.74) is 2.60. The zero-order chi connectivity index (χ0) is 20.9. The van der Waals surface area contributed by atoms with Gasteiger partial charge in [-0.25, -0.2) is 0 Å². The van der Waals surface area contributed by atoms with Gasteiger partial charge in [0.2, 0.25) is 5.91 Å². The van der Waals surface area contributed by atoms with Crippen LogP contribution in [0, 0.1) is 5.92 Å². The maximum atomic E-state index is 12.4. The number of carbonyl (C=O) groups is 1. The monoisotopic (exact) mass is 407 g/mol. The molecule has 0 bridgehead atoms. The van der Waals surface area contributed by atoms with E-state index in [2.05, 4.69) is 63.2 Å². The van der Waals surface area contributed by atoms with E-state index in [4.69, 9.17) is 4.74 Å². The summed E-state index contributed by atoms with van der Waals surface area (Å²) in [6.07, 6.45) is 0.577. The van der Waals surface area contributed by atoms with E-state index in [9.17, 15) is 4.79 Å². The topological polar surface area (TPSA) is 36.0 Å². The normalized spacial score (nSPS) is 22.3. The molecular weight excluding hydrogens is 374 g/mol. The summed E-state index contributed by atoms with van der Waals surface area (Å²) in [5.74, 6) is 1.97. The van der Waals surface area contributed by atoms with Crippen LogP contribution < -0.4 is 9.64 Å². The predicted octanol–water partition coefficient (Wildman–Crippen LogP) is 3.47. The second kappa shape index (κ2) is 9.52. The number of benzene rings is 2. The van der Waals surface area contributed by atoms with Gasteiger partial charge in [-0.1, -0.05) is 37.3 Å². The number of hydrogen-bond donors (Lipinski definition) is 0. The first-order chi connectivity index (χ1) is 14.7. The third-order valence-corrected chi connectivity index (χ3v) is 6.60. The van der Waals surface area contributed by atoms with E-state index in [1.165, 1.54) is 11.3 Å². The van der Waals surface area contributed by atoms with Crippen molar-refractivity contribution < 1.29 is 9.53 Å². The number of rotatable bonds is 6. The van der Waals surface area contributed by atoms with Crippen LogP contribution in [-0.4, -0.2) is 68.6 Å². The SMILES string of the molecule is CCC(=O)N1CC(CN2CCN(c3ccccc3)CC2)C(c2cccc(OC)c2)C1. The van der Waals surface area contributed by atoms with Gasteiger partial charge in [0.15, 0.2) is 0 Å². The Morgan fingerprint density at radius 1 is 1.00 bits per heavy atom. The van der Waals surface area contributed by atoms with Crippen LogP contribution >= 0.6 is 0 Å². The largest absolute Gasteiger partial charge is 0.497 e. The smallest absolute Gasteiger partial charge is 0.222 e. The molecule has 2 aliphatic rings. The fourth-order valence-electron chi connectivity index (χ4n) is 4.89. The Balaban J connectivity index is 1.43. The number of hydrogen-bond acceptors (Lipinski definition) is 4. The molecule has 5 heteroatoms. The van der Waals surface area contributed by atoms with Gasteiger partial charge in [-0.15, -0.1) is 0 Å². The molecule has 1 amide bonds. The Hall–Kier alpha value is -2.53. The van der Waals surface area contributed by atoms with Gasteiger partial charge in [-0.3, -0.25) is 9.69 Å². The number of carbonyl (C=O) groups excluding carboxylic acids is 1. The first-order valence-corrected chi connectivity index (χ1v) is 11.1. The van der Waals surface area contributed by atoms with Crippen molar-refractivity contribution in [2.45, 2.75) is 19.3 Å². The van der Waals surface area contributed by atoms with Crippen molar-refractivity contribution in [3.8, 4) is 5.75 Å². The molecule has 0 N–H and O–H groups in total. The fourth-order valence-corrected chi connectivity index (χ4v) is 4.89. The Morgan fingerprint density at radius 3 is 2.47 bits per heavy atom. The average Bonchev–Trinajstić information content (AvgIpc) is 3.23. The van der Waals surface area contributed by atoms with Crippen LogP contribution in [0.2, 0.25) is 0 Å². The van der Waals surface area contributed by atoms with Crippen LogP contribution in [0.1, 0.15) is 24.8 Å². The minimum atomic E-state index is 0.263. The van der Waals surface area contributed by atoms with E-state index >= 15 is 0 Å². The van der Waals surface area contributed by atoms with Gasteiger partial charge in [0, 0.05) is 63.8 Å². The van der Waals surface area contributed by atoms with Crippen molar-refractivity contribution >= 4 is 11.6 Å². The van der Waals surface area contributed by atoms with Crippen LogP contribution in [0.5, 0.6) is 5.75 Å². The molecule has 2 saturated heterocycles. The molecule has 2 fully saturated rings. The van der Waals surface area contributed by atoms with Crippen molar-refractivity contribution in [2.24, 2.45) is 5.92 Å². The number of methoxy groups -OCH3 is 1. The minimum Gasteiger partial charge on any atom is -0.497 e. The number of nitrogens with zero attached hydrogens (tertiary/aromatic N) is 3. The first kappa shape index (κ1) is 20.7. The van der Waals surface area contributed by atoms with Crippen molar-refractivity contribution in [2.75, 3.05) is 57.8 Å². The molecule has 2 aromatic carbocycles. The molecular formula is C25H33N3O2. The molecule has 160 valence electrons. The lowest BCUT2D eigenvalue weighted by Gasteiger charge is -2.37. The van der Waals surface area contributed by atoms with Crippen LogP contribution in [0.3, 0.4) is 0 Å². The highest BCUT2D eigenvalue weighted by Gasteiger charge is 2.37. The highest BCUT2D eigenvalue weighted by atomic mass is 16.5. The van der Waals surface area contributed by atoms with Gasteiger partial charge < -0.3 is 14.5 Å². The summed E-state index contributed by atoms with van der Waals surface area (Å²) < 4.78 is 5.45. The first-order valence-electron chi connectivity index (χ1n) is 11.1. The summed E-state index contributed by atoms with van der Waals surface area (Å²) in [7, 11) is 1.71. The zero-order valence-corrected chi connectivity index (χ0v) is 18.2. The fraction of sp³-hybridized carbons (Fsp3) is 0.480. The number of likely N-dealkylation sites (tertiary alicyclic amines) is 1. The third kappa shape index (κ3) is 4.62. The van der Waals surface area contributed by atoms with Crippen molar-refractivity contribution in [3.05, 3.63) is 60.2 Å². The van der Waals surface area contributed by atoms with Crippen molar-refractivity contribution in [1.82, 2.24) is 9.80 Å².